The number of guanidine groups is 1. The fraction of sp³-hybridized carbons (Fsp3) is 0.480. The number of aliphatic hydroxyl groups excluding tert-OH is 1. The number of hydrogen-bond donors (Lipinski definition) is 3. The Morgan fingerprint density at radius 3 is 2.45 bits per heavy atom. The van der Waals surface area contributed by atoms with Crippen molar-refractivity contribution in [2.45, 2.75) is 44.9 Å². The summed E-state index contributed by atoms with van der Waals surface area (Å²) in [5.41, 5.74) is 1.35. The summed E-state index contributed by atoms with van der Waals surface area (Å²) in [6, 6.07) is 17.1. The highest BCUT2D eigenvalue weighted by Gasteiger charge is 2.24. The molecule has 33 heavy (non-hydrogen) atoms. The van der Waals surface area contributed by atoms with E-state index in [4.69, 9.17) is 4.74 Å². The number of piperidine rings is 1. The van der Waals surface area contributed by atoms with Gasteiger partial charge in [0.2, 0.25) is 0 Å². The van der Waals surface area contributed by atoms with Crippen molar-refractivity contribution in [2.75, 3.05) is 32.8 Å². The van der Waals surface area contributed by atoms with E-state index in [1.807, 2.05) is 6.92 Å². The molecule has 0 aliphatic carbocycles. The summed E-state index contributed by atoms with van der Waals surface area (Å²) < 4.78 is 18.5. The molecule has 0 radical (unpaired) electrons. The van der Waals surface area contributed by atoms with Gasteiger partial charge in [0.1, 0.15) is 24.3 Å². The van der Waals surface area contributed by atoms with Crippen LogP contribution in [-0.4, -0.2) is 60.9 Å². The molecule has 182 valence electrons. The zero-order valence-corrected chi connectivity index (χ0v) is 21.7. The van der Waals surface area contributed by atoms with Gasteiger partial charge in [0.15, 0.2) is 5.96 Å². The summed E-state index contributed by atoms with van der Waals surface area (Å²) in [6.07, 6.45) is 1.33. The molecule has 1 fully saturated rings. The van der Waals surface area contributed by atoms with Gasteiger partial charge < -0.3 is 20.5 Å². The van der Waals surface area contributed by atoms with Crippen molar-refractivity contribution < 1.29 is 14.2 Å². The van der Waals surface area contributed by atoms with Crippen molar-refractivity contribution in [1.29, 1.82) is 0 Å². The summed E-state index contributed by atoms with van der Waals surface area (Å²) >= 11 is 0. The van der Waals surface area contributed by atoms with Gasteiger partial charge >= 0.3 is 0 Å². The summed E-state index contributed by atoms with van der Waals surface area (Å²) in [5.74, 6) is 0.919. The number of ether oxygens (including phenoxy) is 1. The first kappa shape index (κ1) is 27.3. The fourth-order valence-corrected chi connectivity index (χ4v) is 3.86. The number of aliphatic imine (C=N–C) groups is 1. The van der Waals surface area contributed by atoms with E-state index in [0.717, 1.165) is 32.5 Å². The van der Waals surface area contributed by atoms with Gasteiger partial charge in [0.25, 0.3) is 0 Å². The van der Waals surface area contributed by atoms with Crippen molar-refractivity contribution in [1.82, 2.24) is 15.5 Å². The van der Waals surface area contributed by atoms with E-state index in [2.05, 4.69) is 57.8 Å². The first-order valence-electron chi connectivity index (χ1n) is 11.5. The van der Waals surface area contributed by atoms with Crippen molar-refractivity contribution in [3.63, 3.8) is 0 Å². The highest BCUT2D eigenvalue weighted by atomic mass is 127. The van der Waals surface area contributed by atoms with Gasteiger partial charge in [0.05, 0.1) is 6.54 Å². The molecule has 0 saturated carbocycles. The van der Waals surface area contributed by atoms with Crippen LogP contribution in [0.15, 0.2) is 59.6 Å². The molecule has 3 rings (SSSR count). The maximum absolute atomic E-state index is 13.0. The molecular weight excluding hydrogens is 534 g/mol. The molecule has 1 aliphatic rings. The van der Waals surface area contributed by atoms with Crippen molar-refractivity contribution >= 4 is 29.9 Å². The van der Waals surface area contributed by atoms with Crippen molar-refractivity contribution in [3.05, 3.63) is 66.0 Å². The predicted molar refractivity (Wildman–Crippen MR) is 142 cm³/mol. The molecule has 2 unspecified atom stereocenters. The highest BCUT2D eigenvalue weighted by Crippen LogP contribution is 2.24. The van der Waals surface area contributed by atoms with Crippen LogP contribution in [0, 0.1) is 5.82 Å². The Labute approximate surface area is 213 Å². The van der Waals surface area contributed by atoms with Gasteiger partial charge in [-0.25, -0.2) is 4.39 Å². The predicted octanol–water partition coefficient (Wildman–Crippen LogP) is 3.96. The maximum atomic E-state index is 13.0. The molecule has 1 aliphatic heterocycles. The lowest BCUT2D eigenvalue weighted by Gasteiger charge is -2.37. The molecule has 0 aromatic heterocycles. The minimum absolute atomic E-state index is 0. The second kappa shape index (κ2) is 14.4. The Morgan fingerprint density at radius 1 is 1.15 bits per heavy atom. The first-order chi connectivity index (χ1) is 15.5. The Balaban J connectivity index is 0.00000385. The average molecular weight is 570 g/mol. The lowest BCUT2D eigenvalue weighted by molar-refractivity contribution is 0.114. The molecule has 0 amide bonds. The van der Waals surface area contributed by atoms with E-state index >= 15 is 0 Å². The molecule has 8 heteroatoms. The number of likely N-dealkylation sites (tertiary alicyclic amines) is 1. The van der Waals surface area contributed by atoms with Gasteiger partial charge in [-0.1, -0.05) is 30.3 Å². The van der Waals surface area contributed by atoms with Gasteiger partial charge in [-0.05, 0) is 56.5 Å². The molecule has 2 aromatic carbocycles. The van der Waals surface area contributed by atoms with Crippen LogP contribution < -0.4 is 15.4 Å². The largest absolute Gasteiger partial charge is 0.491 e. The third-order valence-electron chi connectivity index (χ3n) is 5.76. The highest BCUT2D eigenvalue weighted by molar-refractivity contribution is 14.0. The van der Waals surface area contributed by atoms with Crippen LogP contribution in [0.25, 0.3) is 0 Å². The van der Waals surface area contributed by atoms with E-state index < -0.39 is 6.10 Å². The molecule has 1 saturated heterocycles. The summed E-state index contributed by atoms with van der Waals surface area (Å²) in [4.78, 5) is 7.05. The summed E-state index contributed by atoms with van der Waals surface area (Å²) in [5, 5.41) is 17.0. The lowest BCUT2D eigenvalue weighted by atomic mass is 10.0. The average Bonchev–Trinajstić information content (AvgIpc) is 2.83. The van der Waals surface area contributed by atoms with E-state index in [1.54, 1.807) is 12.1 Å². The number of halogens is 2. The normalized spacial score (nSPS) is 17.0. The molecule has 2 aromatic rings. The molecule has 6 nitrogen and oxygen atoms in total. The van der Waals surface area contributed by atoms with Crippen LogP contribution in [0.1, 0.15) is 38.3 Å². The SMILES string of the molecule is CCNC(=NCC(O)COc1ccc(F)cc1)NC1CCN(C(C)c2ccccc2)CC1.I. The van der Waals surface area contributed by atoms with E-state index in [9.17, 15) is 9.50 Å². The molecule has 2 atom stereocenters. The molecular formula is C25H36FIN4O2. The molecule has 1 heterocycles. The van der Waals surface area contributed by atoms with Crippen LogP contribution in [0.3, 0.4) is 0 Å². The Kier molecular flexibility index (Phi) is 11.9. The minimum atomic E-state index is -0.746. The third kappa shape index (κ3) is 9.10. The minimum Gasteiger partial charge on any atom is -0.491 e. The van der Waals surface area contributed by atoms with E-state index in [-0.39, 0.29) is 42.9 Å². The first-order valence-corrected chi connectivity index (χ1v) is 11.5. The van der Waals surface area contributed by atoms with Gasteiger partial charge in [0, 0.05) is 31.7 Å². The number of hydrogen-bond acceptors (Lipinski definition) is 4. The Hall–Kier alpha value is -1.91. The Morgan fingerprint density at radius 2 is 1.82 bits per heavy atom. The Bertz CT molecular complexity index is 830. The number of aliphatic hydroxyl groups is 1. The standard InChI is InChI=1S/C25H35FN4O2.HI/c1-3-27-25(28-17-23(31)18-32-24-11-9-21(26)10-12-24)29-22-13-15-30(16-14-22)19(2)20-7-5-4-6-8-20;/h4-12,19,22-23,31H,3,13-18H2,1-2H3,(H2,27,28,29);1H. The van der Waals surface area contributed by atoms with Crippen LogP contribution in [0.4, 0.5) is 4.39 Å². The van der Waals surface area contributed by atoms with Crippen LogP contribution >= 0.6 is 24.0 Å². The van der Waals surface area contributed by atoms with Crippen molar-refractivity contribution in [3.8, 4) is 5.75 Å². The zero-order valence-electron chi connectivity index (χ0n) is 19.4. The number of nitrogens with zero attached hydrogens (tertiary/aromatic N) is 2. The van der Waals surface area contributed by atoms with Crippen LogP contribution in [0.5, 0.6) is 5.75 Å². The topological polar surface area (TPSA) is 69.1 Å². The number of rotatable bonds is 9. The monoisotopic (exact) mass is 570 g/mol. The lowest BCUT2D eigenvalue weighted by Crippen LogP contribution is -2.49. The number of nitrogens with one attached hydrogen (secondary N) is 2. The van der Waals surface area contributed by atoms with Crippen LogP contribution in [0.2, 0.25) is 0 Å². The summed E-state index contributed by atoms with van der Waals surface area (Å²) in [6.45, 7) is 7.42. The second-order valence-electron chi connectivity index (χ2n) is 8.18. The molecule has 3 N–H and O–H groups in total. The quantitative estimate of drug-likeness (QED) is 0.242. The molecule has 0 spiro atoms. The third-order valence-corrected chi connectivity index (χ3v) is 5.76. The van der Waals surface area contributed by atoms with E-state index in [1.165, 1.54) is 17.7 Å². The maximum Gasteiger partial charge on any atom is 0.191 e. The smallest absolute Gasteiger partial charge is 0.191 e. The van der Waals surface area contributed by atoms with Crippen molar-refractivity contribution in [2.24, 2.45) is 4.99 Å². The molecule has 0 bridgehead atoms. The van der Waals surface area contributed by atoms with Gasteiger partial charge in [-0.3, -0.25) is 9.89 Å². The van der Waals surface area contributed by atoms with Crippen LogP contribution in [-0.2, 0) is 0 Å². The number of benzene rings is 2. The van der Waals surface area contributed by atoms with E-state index in [0.29, 0.717) is 23.8 Å². The van der Waals surface area contributed by atoms with Gasteiger partial charge in [-0.15, -0.1) is 24.0 Å². The summed E-state index contributed by atoms with van der Waals surface area (Å²) in [7, 11) is 0. The second-order valence-corrected chi connectivity index (χ2v) is 8.18. The van der Waals surface area contributed by atoms with Gasteiger partial charge in [-0.2, -0.15) is 0 Å². The zero-order chi connectivity index (χ0) is 22.8. The fourth-order valence-electron chi connectivity index (χ4n) is 3.86.